The molecule has 0 saturated heterocycles. The quantitative estimate of drug-likeness (QED) is 0.667. The van der Waals surface area contributed by atoms with Crippen LogP contribution >= 0.6 is 0 Å². The van der Waals surface area contributed by atoms with Crippen molar-refractivity contribution >= 4 is 5.97 Å². The summed E-state index contributed by atoms with van der Waals surface area (Å²) in [5.74, 6) is 0.663. The van der Waals surface area contributed by atoms with E-state index in [9.17, 15) is 4.79 Å². The summed E-state index contributed by atoms with van der Waals surface area (Å²) >= 11 is 0. The molecule has 1 fully saturated rings. The molecule has 1 N–H and O–H groups in total. The van der Waals surface area contributed by atoms with Crippen molar-refractivity contribution in [3.63, 3.8) is 0 Å². The first-order valence-electron chi connectivity index (χ1n) is 9.40. The number of carbonyl (C=O) groups is 1. The van der Waals surface area contributed by atoms with E-state index >= 15 is 0 Å². The molecule has 0 spiro atoms. The van der Waals surface area contributed by atoms with E-state index in [1.54, 1.807) is 18.2 Å². The Kier molecular flexibility index (Phi) is 4.75. The number of nitrogens with zero attached hydrogens (tertiary/aromatic N) is 2. The number of benzene rings is 2. The molecular weight excluding hydrogens is 340 g/mol. The largest absolute Gasteiger partial charge is 0.478 e. The molecule has 1 heterocycles. The molecule has 0 radical (unpaired) electrons. The number of carboxylic acid groups (broad SMARTS) is 1. The number of hydrogen-bond acceptors (Lipinski definition) is 4. The molecule has 5 heteroatoms. The fourth-order valence-electron chi connectivity index (χ4n) is 3.83. The summed E-state index contributed by atoms with van der Waals surface area (Å²) in [6.45, 7) is 1.84. The molecule has 4 rings (SSSR count). The predicted octanol–water partition coefficient (Wildman–Crippen LogP) is 5.46. The molecule has 1 aromatic heterocycles. The van der Waals surface area contributed by atoms with Gasteiger partial charge in [0.2, 0.25) is 5.82 Å². The van der Waals surface area contributed by atoms with Crippen molar-refractivity contribution in [2.45, 2.75) is 44.9 Å². The Balaban J connectivity index is 1.56. The zero-order chi connectivity index (χ0) is 18.8. The van der Waals surface area contributed by atoms with Gasteiger partial charge in [-0.15, -0.1) is 0 Å². The van der Waals surface area contributed by atoms with Crippen LogP contribution in [0.3, 0.4) is 0 Å². The molecule has 0 amide bonds. The van der Waals surface area contributed by atoms with Gasteiger partial charge in [-0.05, 0) is 67.1 Å². The second kappa shape index (κ2) is 7.35. The number of rotatable bonds is 4. The first-order valence-corrected chi connectivity index (χ1v) is 9.40. The molecule has 1 saturated carbocycles. The van der Waals surface area contributed by atoms with Crippen molar-refractivity contribution in [3.8, 4) is 22.8 Å². The van der Waals surface area contributed by atoms with E-state index < -0.39 is 5.97 Å². The van der Waals surface area contributed by atoms with Crippen molar-refractivity contribution in [2.24, 2.45) is 0 Å². The fourth-order valence-corrected chi connectivity index (χ4v) is 3.83. The molecule has 1 aliphatic carbocycles. The molecule has 2 aromatic carbocycles. The molecule has 138 valence electrons. The van der Waals surface area contributed by atoms with Crippen molar-refractivity contribution in [2.75, 3.05) is 0 Å². The lowest BCUT2D eigenvalue weighted by atomic mass is 9.84. The van der Waals surface area contributed by atoms with Crippen LogP contribution in [0.4, 0.5) is 0 Å². The van der Waals surface area contributed by atoms with Crippen molar-refractivity contribution < 1.29 is 14.4 Å². The van der Waals surface area contributed by atoms with Crippen LogP contribution in [0.1, 0.15) is 59.5 Å². The van der Waals surface area contributed by atoms with Gasteiger partial charge in [-0.3, -0.25) is 0 Å². The van der Waals surface area contributed by atoms with Crippen LogP contribution in [-0.2, 0) is 0 Å². The summed E-state index contributed by atoms with van der Waals surface area (Å²) in [4.78, 5) is 15.6. The maximum absolute atomic E-state index is 11.1. The normalized spacial score (nSPS) is 15.0. The zero-order valence-corrected chi connectivity index (χ0v) is 15.3. The van der Waals surface area contributed by atoms with Crippen LogP contribution in [0.15, 0.2) is 47.0 Å². The first kappa shape index (κ1) is 17.5. The lowest BCUT2D eigenvalue weighted by Crippen LogP contribution is -2.04. The highest BCUT2D eigenvalue weighted by Gasteiger charge is 2.17. The number of aryl methyl sites for hydroxylation is 1. The van der Waals surface area contributed by atoms with Gasteiger partial charge >= 0.3 is 5.97 Å². The smallest absolute Gasteiger partial charge is 0.335 e. The Morgan fingerprint density at radius 3 is 2.48 bits per heavy atom. The second-order valence-corrected chi connectivity index (χ2v) is 7.21. The van der Waals surface area contributed by atoms with E-state index in [1.165, 1.54) is 37.7 Å². The SMILES string of the molecule is Cc1cc(C(=O)O)ccc1-c1noc(-c2ccc(C3CCCCC3)cc2)n1. The van der Waals surface area contributed by atoms with Crippen LogP contribution in [0.25, 0.3) is 22.8 Å². The van der Waals surface area contributed by atoms with E-state index in [2.05, 4.69) is 22.3 Å². The lowest BCUT2D eigenvalue weighted by Gasteiger charge is -2.21. The minimum Gasteiger partial charge on any atom is -0.478 e. The van der Waals surface area contributed by atoms with Gasteiger partial charge in [0, 0.05) is 11.1 Å². The molecule has 0 unspecified atom stereocenters. The van der Waals surface area contributed by atoms with Gasteiger partial charge in [0.05, 0.1) is 5.56 Å². The van der Waals surface area contributed by atoms with Crippen molar-refractivity contribution in [3.05, 3.63) is 59.2 Å². The Morgan fingerprint density at radius 1 is 1.07 bits per heavy atom. The van der Waals surface area contributed by atoms with Crippen LogP contribution in [0.2, 0.25) is 0 Å². The van der Waals surface area contributed by atoms with Gasteiger partial charge < -0.3 is 9.63 Å². The topological polar surface area (TPSA) is 76.2 Å². The maximum atomic E-state index is 11.1. The Labute approximate surface area is 158 Å². The molecule has 0 aliphatic heterocycles. The van der Waals surface area contributed by atoms with Crippen LogP contribution < -0.4 is 0 Å². The highest BCUT2D eigenvalue weighted by atomic mass is 16.5. The van der Waals surface area contributed by atoms with Crippen molar-refractivity contribution in [1.82, 2.24) is 10.1 Å². The molecule has 1 aliphatic rings. The van der Waals surface area contributed by atoms with Gasteiger partial charge in [-0.1, -0.05) is 36.6 Å². The fraction of sp³-hybridized carbons (Fsp3) is 0.318. The summed E-state index contributed by atoms with van der Waals surface area (Å²) in [5, 5.41) is 13.2. The standard InChI is InChI=1S/C22H22N2O3/c1-14-13-18(22(25)26)11-12-19(14)20-23-21(27-24-20)17-9-7-16(8-10-17)15-5-3-2-4-6-15/h7-13,15H,2-6H2,1H3,(H,25,26). The van der Waals surface area contributed by atoms with E-state index in [0.29, 0.717) is 17.6 Å². The maximum Gasteiger partial charge on any atom is 0.335 e. The summed E-state index contributed by atoms with van der Waals surface area (Å²) in [7, 11) is 0. The van der Waals surface area contributed by atoms with E-state index in [-0.39, 0.29) is 5.56 Å². The minimum absolute atomic E-state index is 0.248. The first-order chi connectivity index (χ1) is 13.1. The summed E-state index contributed by atoms with van der Waals surface area (Å²) in [5.41, 5.74) is 4.11. The molecule has 0 bridgehead atoms. The highest BCUT2D eigenvalue weighted by molar-refractivity contribution is 5.88. The zero-order valence-electron chi connectivity index (χ0n) is 15.3. The molecular formula is C22H22N2O3. The van der Waals surface area contributed by atoms with Gasteiger partial charge in [-0.2, -0.15) is 4.98 Å². The van der Waals surface area contributed by atoms with Crippen LogP contribution in [0, 0.1) is 6.92 Å². The second-order valence-electron chi connectivity index (χ2n) is 7.21. The summed E-state index contributed by atoms with van der Waals surface area (Å²) in [6.07, 6.45) is 6.54. The van der Waals surface area contributed by atoms with Gasteiger partial charge in [0.15, 0.2) is 0 Å². The molecule has 0 atom stereocenters. The monoisotopic (exact) mass is 362 g/mol. The molecule has 5 nitrogen and oxygen atoms in total. The van der Waals surface area contributed by atoms with Gasteiger partial charge in [-0.25, -0.2) is 4.79 Å². The van der Waals surface area contributed by atoms with E-state index in [4.69, 9.17) is 9.63 Å². The van der Waals surface area contributed by atoms with E-state index in [0.717, 1.165) is 16.7 Å². The third-order valence-electron chi connectivity index (χ3n) is 5.37. The van der Waals surface area contributed by atoms with Gasteiger partial charge in [0.25, 0.3) is 5.89 Å². The summed E-state index contributed by atoms with van der Waals surface area (Å²) < 4.78 is 5.45. The third-order valence-corrected chi connectivity index (χ3v) is 5.37. The molecule has 3 aromatic rings. The third kappa shape index (κ3) is 3.63. The molecule has 27 heavy (non-hydrogen) atoms. The highest BCUT2D eigenvalue weighted by Crippen LogP contribution is 2.33. The number of hydrogen-bond donors (Lipinski definition) is 1. The Morgan fingerprint density at radius 2 is 1.81 bits per heavy atom. The average molecular weight is 362 g/mol. The number of aromatic carboxylic acids is 1. The summed E-state index contributed by atoms with van der Waals surface area (Å²) in [6, 6.07) is 13.3. The number of aromatic nitrogens is 2. The Hall–Kier alpha value is -2.95. The minimum atomic E-state index is -0.948. The van der Waals surface area contributed by atoms with Crippen LogP contribution in [-0.4, -0.2) is 21.2 Å². The predicted molar refractivity (Wildman–Crippen MR) is 103 cm³/mol. The van der Waals surface area contributed by atoms with E-state index in [1.807, 2.05) is 19.1 Å². The van der Waals surface area contributed by atoms with Crippen LogP contribution in [0.5, 0.6) is 0 Å². The number of carboxylic acids is 1. The van der Waals surface area contributed by atoms with Gasteiger partial charge in [0.1, 0.15) is 0 Å². The average Bonchev–Trinajstić information content (AvgIpc) is 3.18. The van der Waals surface area contributed by atoms with Crippen molar-refractivity contribution in [1.29, 1.82) is 0 Å². The Bertz CT molecular complexity index is 954. The lowest BCUT2D eigenvalue weighted by molar-refractivity contribution is 0.0697.